The lowest BCUT2D eigenvalue weighted by atomic mass is 9.87. The van der Waals surface area contributed by atoms with Crippen LogP contribution in [0.2, 0.25) is 0 Å². The molecule has 0 spiro atoms. The number of benzene rings is 1. The maximum absolute atomic E-state index is 8.50. The van der Waals surface area contributed by atoms with E-state index < -0.39 is 0 Å². The number of nitrogens with one attached hydrogen (secondary N) is 1. The van der Waals surface area contributed by atoms with Crippen LogP contribution in [-0.4, -0.2) is 13.2 Å². The molecule has 0 saturated heterocycles. The first-order valence-corrected chi connectivity index (χ1v) is 7.71. The summed E-state index contributed by atoms with van der Waals surface area (Å²) in [4.78, 5) is 0. The molecule has 0 aliphatic heterocycles. The molecule has 0 radical (unpaired) electrons. The van der Waals surface area contributed by atoms with Crippen LogP contribution in [0.4, 0.5) is 0 Å². The van der Waals surface area contributed by atoms with Gasteiger partial charge in [0.25, 0.3) is 0 Å². The smallest absolute Gasteiger partial charge is 0.119 e. The second-order valence-electron chi connectivity index (χ2n) is 5.33. The molecule has 1 aromatic carbocycles. The molecular formula is C17H24N2O. The van der Waals surface area contributed by atoms with Crippen LogP contribution < -0.4 is 10.1 Å². The summed E-state index contributed by atoms with van der Waals surface area (Å²) in [6, 6.07) is 9.13. The van der Waals surface area contributed by atoms with Crippen molar-refractivity contribution in [3.8, 4) is 11.8 Å². The fourth-order valence-electron chi connectivity index (χ4n) is 2.82. The van der Waals surface area contributed by atoms with Crippen molar-refractivity contribution in [2.24, 2.45) is 0 Å². The monoisotopic (exact) mass is 272 g/mol. The van der Waals surface area contributed by atoms with E-state index in [2.05, 4.69) is 36.5 Å². The molecule has 20 heavy (non-hydrogen) atoms. The SMILES string of the molecule is CCNC1CCCc2ccc(OCCCCC#N)cc21. The van der Waals surface area contributed by atoms with E-state index in [1.165, 1.54) is 30.4 Å². The van der Waals surface area contributed by atoms with E-state index in [1.54, 1.807) is 0 Å². The zero-order chi connectivity index (χ0) is 14.2. The highest BCUT2D eigenvalue weighted by Gasteiger charge is 2.19. The van der Waals surface area contributed by atoms with Gasteiger partial charge in [-0.25, -0.2) is 0 Å². The van der Waals surface area contributed by atoms with E-state index in [4.69, 9.17) is 10.00 Å². The van der Waals surface area contributed by atoms with E-state index >= 15 is 0 Å². The van der Waals surface area contributed by atoms with Gasteiger partial charge in [-0.15, -0.1) is 0 Å². The second-order valence-corrected chi connectivity index (χ2v) is 5.33. The van der Waals surface area contributed by atoms with Crippen LogP contribution >= 0.6 is 0 Å². The molecule has 0 saturated carbocycles. The number of ether oxygens (including phenoxy) is 1. The van der Waals surface area contributed by atoms with Gasteiger partial charge in [0, 0.05) is 12.5 Å². The summed E-state index contributed by atoms with van der Waals surface area (Å²) in [5.74, 6) is 0.963. The second kappa shape index (κ2) is 7.91. The lowest BCUT2D eigenvalue weighted by Crippen LogP contribution is -2.24. The fourth-order valence-corrected chi connectivity index (χ4v) is 2.82. The van der Waals surface area contributed by atoms with Crippen LogP contribution in [0, 0.1) is 11.3 Å². The van der Waals surface area contributed by atoms with Crippen LogP contribution in [0.1, 0.15) is 56.2 Å². The third-order valence-corrected chi connectivity index (χ3v) is 3.83. The minimum absolute atomic E-state index is 0.478. The highest BCUT2D eigenvalue weighted by Crippen LogP contribution is 2.32. The predicted molar refractivity (Wildman–Crippen MR) is 80.8 cm³/mol. The molecule has 0 amide bonds. The average Bonchev–Trinajstić information content (AvgIpc) is 2.48. The Balaban J connectivity index is 1.95. The van der Waals surface area contributed by atoms with Crippen molar-refractivity contribution in [1.29, 1.82) is 5.26 Å². The molecule has 0 fully saturated rings. The number of nitrogens with zero attached hydrogens (tertiary/aromatic N) is 1. The molecule has 3 nitrogen and oxygen atoms in total. The standard InChI is InChI=1S/C17H24N2O/c1-2-19-17-8-6-7-14-9-10-15(13-16(14)17)20-12-5-3-4-11-18/h9-10,13,17,19H,2-8,12H2,1H3. The van der Waals surface area contributed by atoms with E-state index in [0.29, 0.717) is 19.1 Å². The number of nitriles is 1. The Hall–Kier alpha value is -1.53. The molecule has 108 valence electrons. The molecule has 1 aliphatic rings. The Morgan fingerprint density at radius 3 is 3.10 bits per heavy atom. The molecule has 0 aromatic heterocycles. The summed E-state index contributed by atoms with van der Waals surface area (Å²) in [6.45, 7) is 3.86. The maximum Gasteiger partial charge on any atom is 0.119 e. The number of hydrogen-bond acceptors (Lipinski definition) is 3. The minimum Gasteiger partial charge on any atom is -0.494 e. The zero-order valence-corrected chi connectivity index (χ0v) is 12.3. The summed E-state index contributed by atoms with van der Waals surface area (Å²) < 4.78 is 5.81. The first-order valence-electron chi connectivity index (χ1n) is 7.71. The van der Waals surface area contributed by atoms with Crippen LogP contribution in [-0.2, 0) is 6.42 Å². The molecule has 1 unspecified atom stereocenters. The Kier molecular flexibility index (Phi) is 5.88. The Bertz CT molecular complexity index is 465. The van der Waals surface area contributed by atoms with Gasteiger partial charge in [0.2, 0.25) is 0 Å². The van der Waals surface area contributed by atoms with Crippen LogP contribution in [0.15, 0.2) is 18.2 Å². The third kappa shape index (κ3) is 3.98. The highest BCUT2D eigenvalue weighted by atomic mass is 16.5. The highest BCUT2D eigenvalue weighted by molar-refractivity contribution is 5.39. The van der Waals surface area contributed by atoms with Crippen molar-refractivity contribution >= 4 is 0 Å². The van der Waals surface area contributed by atoms with Crippen molar-refractivity contribution in [3.05, 3.63) is 29.3 Å². The van der Waals surface area contributed by atoms with Crippen LogP contribution in [0.3, 0.4) is 0 Å². The number of fused-ring (bicyclic) bond motifs is 1. The summed E-state index contributed by atoms with van der Waals surface area (Å²) in [7, 11) is 0. The zero-order valence-electron chi connectivity index (χ0n) is 12.3. The molecule has 0 bridgehead atoms. The Morgan fingerprint density at radius 1 is 1.40 bits per heavy atom. The van der Waals surface area contributed by atoms with E-state index in [-0.39, 0.29) is 0 Å². The van der Waals surface area contributed by atoms with Gasteiger partial charge in [0.15, 0.2) is 0 Å². The lowest BCUT2D eigenvalue weighted by molar-refractivity contribution is 0.306. The normalized spacial score (nSPS) is 17.3. The fraction of sp³-hybridized carbons (Fsp3) is 0.588. The van der Waals surface area contributed by atoms with E-state index in [9.17, 15) is 0 Å². The summed E-state index contributed by atoms with van der Waals surface area (Å²) >= 11 is 0. The number of unbranched alkanes of at least 4 members (excludes halogenated alkanes) is 2. The van der Waals surface area contributed by atoms with Gasteiger partial charge in [-0.1, -0.05) is 13.0 Å². The van der Waals surface area contributed by atoms with Gasteiger partial charge in [-0.3, -0.25) is 0 Å². The lowest BCUT2D eigenvalue weighted by Gasteiger charge is -2.26. The Labute approximate surface area is 121 Å². The van der Waals surface area contributed by atoms with E-state index in [1.807, 2.05) is 0 Å². The van der Waals surface area contributed by atoms with Crippen molar-refractivity contribution in [2.75, 3.05) is 13.2 Å². The van der Waals surface area contributed by atoms with Gasteiger partial charge in [-0.05, 0) is 61.9 Å². The quantitative estimate of drug-likeness (QED) is 0.769. The average molecular weight is 272 g/mol. The first-order chi connectivity index (χ1) is 9.85. The first kappa shape index (κ1) is 14.9. The minimum atomic E-state index is 0.478. The van der Waals surface area contributed by atoms with Gasteiger partial charge in [-0.2, -0.15) is 5.26 Å². The molecular weight excluding hydrogens is 248 g/mol. The summed E-state index contributed by atoms with van der Waals surface area (Å²) in [6.07, 6.45) is 6.14. The van der Waals surface area contributed by atoms with Crippen LogP contribution in [0.25, 0.3) is 0 Å². The molecule has 2 rings (SSSR count). The molecule has 0 heterocycles. The number of aryl methyl sites for hydroxylation is 1. The number of hydrogen-bond donors (Lipinski definition) is 1. The van der Waals surface area contributed by atoms with Crippen molar-refractivity contribution < 1.29 is 4.74 Å². The number of rotatable bonds is 7. The molecule has 1 aliphatic carbocycles. The largest absolute Gasteiger partial charge is 0.494 e. The molecule has 1 atom stereocenters. The van der Waals surface area contributed by atoms with E-state index in [0.717, 1.165) is 25.1 Å². The Morgan fingerprint density at radius 2 is 2.30 bits per heavy atom. The maximum atomic E-state index is 8.50. The summed E-state index contributed by atoms with van der Waals surface area (Å²) in [5, 5.41) is 12.1. The van der Waals surface area contributed by atoms with Crippen molar-refractivity contribution in [1.82, 2.24) is 5.32 Å². The van der Waals surface area contributed by atoms with Gasteiger partial charge >= 0.3 is 0 Å². The van der Waals surface area contributed by atoms with Gasteiger partial charge in [0.1, 0.15) is 5.75 Å². The molecule has 1 N–H and O–H groups in total. The molecule has 1 aromatic rings. The summed E-state index contributed by atoms with van der Waals surface area (Å²) in [5.41, 5.74) is 2.87. The van der Waals surface area contributed by atoms with Gasteiger partial charge in [0.05, 0.1) is 12.7 Å². The van der Waals surface area contributed by atoms with Crippen molar-refractivity contribution in [3.63, 3.8) is 0 Å². The van der Waals surface area contributed by atoms with Gasteiger partial charge < -0.3 is 10.1 Å². The van der Waals surface area contributed by atoms with Crippen LogP contribution in [0.5, 0.6) is 5.75 Å². The third-order valence-electron chi connectivity index (χ3n) is 3.83. The topological polar surface area (TPSA) is 45.0 Å². The molecule has 3 heteroatoms. The predicted octanol–water partition coefficient (Wildman–Crippen LogP) is 3.75. The van der Waals surface area contributed by atoms with Crippen molar-refractivity contribution in [2.45, 2.75) is 51.5 Å².